The van der Waals surface area contributed by atoms with Gasteiger partial charge in [-0.25, -0.2) is 9.37 Å². The predicted molar refractivity (Wildman–Crippen MR) is 108 cm³/mol. The Bertz CT molecular complexity index is 1040. The molecule has 0 unspecified atom stereocenters. The van der Waals surface area contributed by atoms with Gasteiger partial charge in [-0.15, -0.1) is 11.3 Å². The molecule has 0 atom stereocenters. The van der Waals surface area contributed by atoms with Gasteiger partial charge in [0, 0.05) is 42.8 Å². The molecule has 0 aliphatic carbocycles. The van der Waals surface area contributed by atoms with Crippen molar-refractivity contribution in [2.45, 2.75) is 33.0 Å². The van der Waals surface area contributed by atoms with Crippen molar-refractivity contribution in [2.24, 2.45) is 0 Å². The highest BCUT2D eigenvalue weighted by atomic mass is 32.1. The molecule has 4 rings (SSSR count). The molecule has 0 saturated carbocycles. The summed E-state index contributed by atoms with van der Waals surface area (Å²) in [6, 6.07) is 7.92. The fraction of sp³-hybridized carbons (Fsp3) is 0.400. The van der Waals surface area contributed by atoms with Gasteiger partial charge in [0.1, 0.15) is 5.82 Å². The largest absolute Gasteiger partial charge is 0.390 e. The Hall–Kier alpha value is -2.29. The Balaban J connectivity index is 1.62. The molecular formula is C20H23FN4O2S. The van der Waals surface area contributed by atoms with Crippen LogP contribution in [0, 0.1) is 12.7 Å². The van der Waals surface area contributed by atoms with E-state index in [1.807, 2.05) is 13.8 Å². The zero-order valence-corrected chi connectivity index (χ0v) is 16.7. The maximum Gasteiger partial charge on any atom is 0.259 e. The molecule has 28 heavy (non-hydrogen) atoms. The van der Waals surface area contributed by atoms with Crippen LogP contribution in [0.2, 0.25) is 0 Å². The molecule has 148 valence electrons. The molecule has 0 bridgehead atoms. The van der Waals surface area contributed by atoms with Crippen LogP contribution >= 0.6 is 11.3 Å². The van der Waals surface area contributed by atoms with Crippen molar-refractivity contribution in [1.82, 2.24) is 14.3 Å². The first-order valence-electron chi connectivity index (χ1n) is 9.36. The van der Waals surface area contributed by atoms with Gasteiger partial charge in [0.15, 0.2) is 4.96 Å². The van der Waals surface area contributed by atoms with E-state index < -0.39 is 0 Å². The zero-order chi connectivity index (χ0) is 19.8. The number of aryl methyl sites for hydroxylation is 1. The number of aliphatic hydroxyl groups excluding tert-OH is 1. The van der Waals surface area contributed by atoms with Crippen LogP contribution in [0.3, 0.4) is 0 Å². The predicted octanol–water partition coefficient (Wildman–Crippen LogP) is 2.41. The number of hydrogen-bond acceptors (Lipinski definition) is 6. The topological polar surface area (TPSA) is 61.1 Å². The molecule has 1 N–H and O–H groups in total. The lowest BCUT2D eigenvalue weighted by Crippen LogP contribution is -2.50. The highest BCUT2D eigenvalue weighted by Crippen LogP contribution is 2.24. The average molecular weight is 402 g/mol. The van der Waals surface area contributed by atoms with Gasteiger partial charge in [-0.3, -0.25) is 14.1 Å². The van der Waals surface area contributed by atoms with E-state index >= 15 is 0 Å². The lowest BCUT2D eigenvalue weighted by Gasteiger charge is -2.35. The van der Waals surface area contributed by atoms with E-state index in [9.17, 15) is 14.3 Å². The van der Waals surface area contributed by atoms with Crippen molar-refractivity contribution in [3.63, 3.8) is 0 Å². The number of aromatic nitrogens is 2. The van der Waals surface area contributed by atoms with Crippen LogP contribution in [-0.4, -0.2) is 45.1 Å². The van der Waals surface area contributed by atoms with Crippen molar-refractivity contribution >= 4 is 22.0 Å². The van der Waals surface area contributed by atoms with E-state index in [0.717, 1.165) is 22.8 Å². The number of fused-ring (bicyclic) bond motifs is 1. The Morgan fingerprint density at radius 1 is 1.32 bits per heavy atom. The molecule has 0 radical (unpaired) electrons. The summed E-state index contributed by atoms with van der Waals surface area (Å²) in [5.41, 5.74) is 2.45. The van der Waals surface area contributed by atoms with Crippen LogP contribution in [0.5, 0.6) is 0 Å². The van der Waals surface area contributed by atoms with Gasteiger partial charge in [-0.2, -0.15) is 0 Å². The second-order valence-corrected chi connectivity index (χ2v) is 8.33. The summed E-state index contributed by atoms with van der Waals surface area (Å²) in [5, 5.41) is 9.49. The summed E-state index contributed by atoms with van der Waals surface area (Å²) in [4.78, 5) is 23.5. The molecule has 2 aromatic heterocycles. The average Bonchev–Trinajstić information content (AvgIpc) is 2.95. The number of rotatable bonds is 6. The summed E-state index contributed by atoms with van der Waals surface area (Å²) >= 11 is 1.51. The third-order valence-electron chi connectivity index (χ3n) is 5.10. The number of benzene rings is 1. The third kappa shape index (κ3) is 3.67. The van der Waals surface area contributed by atoms with Gasteiger partial charge in [-0.05, 0) is 38.1 Å². The van der Waals surface area contributed by atoms with Crippen molar-refractivity contribution < 1.29 is 9.50 Å². The van der Waals surface area contributed by atoms with E-state index in [1.54, 1.807) is 22.6 Å². The Morgan fingerprint density at radius 3 is 2.68 bits per heavy atom. The maximum atomic E-state index is 13.2. The quantitative estimate of drug-likeness (QED) is 0.686. The minimum Gasteiger partial charge on any atom is -0.390 e. The normalized spacial score (nSPS) is 15.1. The lowest BCUT2D eigenvalue weighted by molar-refractivity contribution is -0.00377. The third-order valence-corrected chi connectivity index (χ3v) is 6.10. The number of thiazole rings is 1. The first-order chi connectivity index (χ1) is 13.4. The number of likely N-dealkylation sites (tertiary alicyclic amines) is 1. The summed E-state index contributed by atoms with van der Waals surface area (Å²) in [7, 11) is 0. The number of nitrogens with zero attached hydrogens (tertiary/aromatic N) is 4. The molecule has 0 spiro atoms. The van der Waals surface area contributed by atoms with Gasteiger partial charge in [0.2, 0.25) is 0 Å². The summed E-state index contributed by atoms with van der Waals surface area (Å²) < 4.78 is 14.9. The Kier molecular flexibility index (Phi) is 5.18. The number of halogens is 1. The smallest absolute Gasteiger partial charge is 0.259 e. The molecule has 8 heteroatoms. The fourth-order valence-electron chi connectivity index (χ4n) is 3.56. The number of aliphatic hydroxyl groups is 1. The van der Waals surface area contributed by atoms with Gasteiger partial charge in [0.25, 0.3) is 5.56 Å². The Morgan fingerprint density at radius 2 is 2.04 bits per heavy atom. The molecule has 1 aliphatic rings. The standard InChI is InChI=1S/C20H23FN4O2S/c1-3-24(16-6-4-14(21)5-7-16)9-15-8-19(27)25-18(12-23-10-17(26)11-23)13(2)28-20(25)22-15/h4-8,17,26H,3,9-12H2,1-2H3. The van der Waals surface area contributed by atoms with Crippen LogP contribution in [0.25, 0.3) is 4.96 Å². The second-order valence-electron chi connectivity index (χ2n) is 7.15. The van der Waals surface area contributed by atoms with Crippen molar-refractivity contribution in [3.05, 3.63) is 62.8 Å². The Labute approximate surface area is 166 Å². The van der Waals surface area contributed by atoms with Crippen LogP contribution in [0.1, 0.15) is 23.2 Å². The van der Waals surface area contributed by atoms with E-state index in [4.69, 9.17) is 4.98 Å². The SMILES string of the molecule is CCN(Cc1cc(=O)n2c(CN3CC(O)C3)c(C)sc2n1)c1ccc(F)cc1. The summed E-state index contributed by atoms with van der Waals surface area (Å²) in [5.74, 6) is -0.270. The number of hydrogen-bond donors (Lipinski definition) is 1. The van der Waals surface area contributed by atoms with E-state index in [1.165, 1.54) is 23.5 Å². The number of anilines is 1. The van der Waals surface area contributed by atoms with Gasteiger partial charge >= 0.3 is 0 Å². The second kappa shape index (κ2) is 7.62. The lowest BCUT2D eigenvalue weighted by atomic mass is 10.1. The van der Waals surface area contributed by atoms with Crippen molar-refractivity contribution in [1.29, 1.82) is 0 Å². The highest BCUT2D eigenvalue weighted by Gasteiger charge is 2.26. The van der Waals surface area contributed by atoms with Gasteiger partial charge < -0.3 is 10.0 Å². The summed E-state index contributed by atoms with van der Waals surface area (Å²) in [6.07, 6.45) is -0.266. The van der Waals surface area contributed by atoms with Crippen LogP contribution in [-0.2, 0) is 13.1 Å². The summed E-state index contributed by atoms with van der Waals surface area (Å²) in [6.45, 7) is 7.14. The van der Waals surface area contributed by atoms with E-state index in [0.29, 0.717) is 36.8 Å². The molecule has 0 amide bonds. The highest BCUT2D eigenvalue weighted by molar-refractivity contribution is 7.17. The molecule has 3 heterocycles. The van der Waals surface area contributed by atoms with E-state index in [2.05, 4.69) is 9.80 Å². The van der Waals surface area contributed by atoms with Gasteiger partial charge in [-0.1, -0.05) is 0 Å². The first kappa shape index (κ1) is 19.0. The molecular weight excluding hydrogens is 379 g/mol. The van der Waals surface area contributed by atoms with Crippen molar-refractivity contribution in [3.8, 4) is 0 Å². The monoisotopic (exact) mass is 402 g/mol. The molecule has 3 aromatic rings. The molecule has 1 saturated heterocycles. The fourth-order valence-corrected chi connectivity index (χ4v) is 4.56. The maximum absolute atomic E-state index is 13.2. The molecule has 1 aliphatic heterocycles. The van der Waals surface area contributed by atoms with Crippen molar-refractivity contribution in [2.75, 3.05) is 24.5 Å². The van der Waals surface area contributed by atoms with Crippen LogP contribution in [0.15, 0.2) is 35.1 Å². The molecule has 1 fully saturated rings. The van der Waals surface area contributed by atoms with Crippen LogP contribution in [0.4, 0.5) is 10.1 Å². The van der Waals surface area contributed by atoms with Gasteiger partial charge in [0.05, 0.1) is 24.0 Å². The van der Waals surface area contributed by atoms with Crippen LogP contribution < -0.4 is 10.5 Å². The first-order valence-corrected chi connectivity index (χ1v) is 10.2. The molecule has 6 nitrogen and oxygen atoms in total. The zero-order valence-electron chi connectivity index (χ0n) is 15.9. The minimum atomic E-state index is -0.270. The number of β-amino-alcohol motifs (C(OH)–C–C–N with tert-alkyl or cyclic N) is 1. The minimum absolute atomic E-state index is 0.0874. The molecule has 1 aromatic carbocycles. The van der Waals surface area contributed by atoms with E-state index in [-0.39, 0.29) is 17.5 Å².